The normalized spacial score (nSPS) is 23.0. The van der Waals surface area contributed by atoms with Gasteiger partial charge in [0.15, 0.2) is 0 Å². The molecule has 1 aliphatic rings. The van der Waals surface area contributed by atoms with E-state index in [4.69, 9.17) is 5.73 Å². The van der Waals surface area contributed by atoms with Gasteiger partial charge in [0, 0.05) is 84.8 Å². The van der Waals surface area contributed by atoms with Crippen molar-refractivity contribution >= 4 is 15.0 Å². The number of unbranched alkanes of at least 4 members (excludes halogenated alkanes) is 1. The summed E-state index contributed by atoms with van der Waals surface area (Å²) in [7, 11) is -7.59. The molecule has 35 heavy (non-hydrogen) atoms. The molecular weight excluding hydrogens is 496 g/mol. The van der Waals surface area contributed by atoms with Crippen molar-refractivity contribution in [3.63, 3.8) is 0 Å². The average Bonchev–Trinajstić information content (AvgIpc) is 2.75. The Morgan fingerprint density at radius 2 is 1.31 bits per heavy atom. The highest BCUT2D eigenvalue weighted by Gasteiger charge is 2.26. The van der Waals surface area contributed by atoms with Crippen molar-refractivity contribution in [2.24, 2.45) is 5.73 Å². The lowest BCUT2D eigenvalue weighted by Gasteiger charge is -2.39. The lowest BCUT2D eigenvalue weighted by atomic mass is 10.1. The van der Waals surface area contributed by atoms with E-state index in [0.717, 1.165) is 25.8 Å². The molecule has 0 aromatic heterocycles. The second-order valence-electron chi connectivity index (χ2n) is 9.66. The van der Waals surface area contributed by atoms with Gasteiger partial charge in [0.1, 0.15) is 6.29 Å². The largest absolute Gasteiger partial charge is 0.396 e. The van der Waals surface area contributed by atoms with Gasteiger partial charge < -0.3 is 35.5 Å². The molecule has 1 aliphatic heterocycles. The fourth-order valence-corrected chi connectivity index (χ4v) is 6.35. The third kappa shape index (κ3) is 16.5. The zero-order valence-corrected chi connectivity index (χ0v) is 23.1. The Labute approximate surface area is 210 Å². The predicted molar refractivity (Wildman–Crippen MR) is 139 cm³/mol. The van der Waals surface area contributed by atoms with Crippen molar-refractivity contribution in [2.45, 2.75) is 38.1 Å². The first-order chi connectivity index (χ1) is 16.5. The van der Waals surface area contributed by atoms with Crippen LogP contribution in [0.1, 0.15) is 32.1 Å². The second kappa shape index (κ2) is 17.5. The van der Waals surface area contributed by atoms with Crippen LogP contribution in [0.2, 0.25) is 0 Å². The molecule has 0 amide bonds. The topological polar surface area (TPSA) is 174 Å². The average molecular weight is 546 g/mol. The summed E-state index contributed by atoms with van der Waals surface area (Å²) in [6.07, 6.45) is 3.68. The second-order valence-corrected chi connectivity index (χ2v) is 13.7. The van der Waals surface area contributed by atoms with Crippen LogP contribution < -0.4 is 5.73 Å². The summed E-state index contributed by atoms with van der Waals surface area (Å²) in [6, 6.07) is 0.172. The maximum absolute atomic E-state index is 12.2. The third-order valence-electron chi connectivity index (χ3n) is 6.23. The van der Waals surface area contributed by atoms with Crippen LogP contribution in [0.25, 0.3) is 0 Å². The molecule has 0 aliphatic carbocycles. The molecule has 0 aromatic carbocycles. The number of aliphatic hydroxyl groups excluding tert-OH is 2. The fraction of sp³-hybridized carbons (Fsp3) is 1.00. The van der Waals surface area contributed by atoms with E-state index in [2.05, 4.69) is 9.80 Å². The Morgan fingerprint density at radius 1 is 0.771 bits per heavy atom. The predicted octanol–water partition coefficient (Wildman–Crippen LogP) is -0.537. The molecule has 2 atom stereocenters. The highest BCUT2D eigenvalue weighted by atomic mass is 31.2. The summed E-state index contributed by atoms with van der Waals surface area (Å²) < 4.78 is 23.9. The SMILES string of the molecule is CP(=O)(O)CN1CCN(CP(=O)(O)O)CCN(CCCO)CC(CCCCN)N(CCCO)CC1. The summed E-state index contributed by atoms with van der Waals surface area (Å²) in [5.41, 5.74) is 5.72. The quantitative estimate of drug-likeness (QED) is 0.122. The molecule has 1 rings (SSSR count). The minimum atomic E-state index is -4.27. The van der Waals surface area contributed by atoms with E-state index in [1.54, 1.807) is 4.90 Å². The van der Waals surface area contributed by atoms with Crippen LogP contribution in [0.5, 0.6) is 0 Å². The molecule has 0 bridgehead atoms. The lowest BCUT2D eigenvalue weighted by Crippen LogP contribution is -2.51. The van der Waals surface area contributed by atoms with E-state index in [1.165, 1.54) is 6.66 Å². The minimum Gasteiger partial charge on any atom is -0.396 e. The number of nitrogens with zero attached hydrogens (tertiary/aromatic N) is 4. The number of rotatable bonds is 14. The van der Waals surface area contributed by atoms with Crippen molar-refractivity contribution < 1.29 is 34.0 Å². The lowest BCUT2D eigenvalue weighted by molar-refractivity contribution is 0.0890. The Kier molecular flexibility index (Phi) is 16.6. The summed E-state index contributed by atoms with van der Waals surface area (Å²) >= 11 is 0. The summed E-state index contributed by atoms with van der Waals surface area (Å²) in [5.74, 6) is 0. The van der Waals surface area contributed by atoms with Gasteiger partial charge in [0.2, 0.25) is 7.37 Å². The number of aliphatic hydroxyl groups is 2. The Bertz CT molecular complexity index is 652. The van der Waals surface area contributed by atoms with Crippen LogP contribution in [0.4, 0.5) is 0 Å². The van der Waals surface area contributed by atoms with Crippen molar-refractivity contribution in [1.82, 2.24) is 19.6 Å². The van der Waals surface area contributed by atoms with Gasteiger partial charge in [-0.15, -0.1) is 0 Å². The van der Waals surface area contributed by atoms with Gasteiger partial charge >= 0.3 is 7.60 Å². The van der Waals surface area contributed by atoms with Crippen molar-refractivity contribution in [1.29, 1.82) is 0 Å². The summed E-state index contributed by atoms with van der Waals surface area (Å²) in [6.45, 7) is 7.23. The zero-order chi connectivity index (χ0) is 26.3. The van der Waals surface area contributed by atoms with Crippen LogP contribution >= 0.6 is 15.0 Å². The molecule has 1 saturated heterocycles. The first-order valence-corrected chi connectivity index (χ1v) is 16.7. The minimum absolute atomic E-state index is 0.0189. The Morgan fingerprint density at radius 3 is 1.86 bits per heavy atom. The van der Waals surface area contributed by atoms with Crippen LogP contribution in [0.15, 0.2) is 0 Å². The van der Waals surface area contributed by atoms with Gasteiger partial charge in [-0.05, 0) is 32.2 Å². The molecule has 14 heteroatoms. The first-order valence-electron chi connectivity index (χ1n) is 12.6. The Hall–Kier alpha value is 0.0600. The van der Waals surface area contributed by atoms with E-state index in [9.17, 15) is 34.0 Å². The first kappa shape index (κ1) is 33.1. The standard InChI is InChI=1S/C21H49N5O7P2/c1-34(29,30)19-24-12-13-25(20-35(31,32)33)11-10-23(8-4-16-27)18-21(6-2-3-7-22)26(15-14-24)9-5-17-28/h21,27-28H,2-20,22H2,1H3,(H,29,30)(H2,31,32,33). The van der Waals surface area contributed by atoms with Gasteiger partial charge in [-0.25, -0.2) is 0 Å². The van der Waals surface area contributed by atoms with Crippen molar-refractivity contribution in [2.75, 3.05) is 97.9 Å². The van der Waals surface area contributed by atoms with Crippen LogP contribution in [0, 0.1) is 0 Å². The van der Waals surface area contributed by atoms with Gasteiger partial charge in [0.25, 0.3) is 0 Å². The molecule has 0 spiro atoms. The van der Waals surface area contributed by atoms with Gasteiger partial charge in [0.05, 0.1) is 6.29 Å². The summed E-state index contributed by atoms with van der Waals surface area (Å²) in [4.78, 5) is 37.4. The van der Waals surface area contributed by atoms with E-state index in [1.807, 2.05) is 4.90 Å². The van der Waals surface area contributed by atoms with E-state index >= 15 is 0 Å². The van der Waals surface area contributed by atoms with Crippen LogP contribution in [0.3, 0.4) is 0 Å². The highest BCUT2D eigenvalue weighted by molar-refractivity contribution is 7.57. The van der Waals surface area contributed by atoms with Crippen LogP contribution in [-0.2, 0) is 9.13 Å². The maximum atomic E-state index is 12.2. The molecule has 7 N–H and O–H groups in total. The van der Waals surface area contributed by atoms with Gasteiger partial charge in [-0.1, -0.05) is 6.42 Å². The highest BCUT2D eigenvalue weighted by Crippen LogP contribution is 2.36. The fourth-order valence-electron chi connectivity index (χ4n) is 4.52. The van der Waals surface area contributed by atoms with Crippen molar-refractivity contribution in [3.05, 3.63) is 0 Å². The van der Waals surface area contributed by atoms with E-state index in [0.29, 0.717) is 71.7 Å². The van der Waals surface area contributed by atoms with Crippen molar-refractivity contribution in [3.8, 4) is 0 Å². The molecule has 0 saturated carbocycles. The number of hydrogen-bond donors (Lipinski definition) is 6. The molecule has 2 unspecified atom stereocenters. The van der Waals surface area contributed by atoms with Crippen LogP contribution in [-0.4, -0.2) is 148 Å². The number of nitrogens with two attached hydrogens (primary N) is 1. The molecule has 210 valence electrons. The Balaban J connectivity index is 3.19. The smallest absolute Gasteiger partial charge is 0.339 e. The molecule has 0 radical (unpaired) electrons. The molecule has 0 aromatic rings. The van der Waals surface area contributed by atoms with Gasteiger partial charge in [-0.2, -0.15) is 0 Å². The maximum Gasteiger partial charge on any atom is 0.339 e. The van der Waals surface area contributed by atoms with Gasteiger partial charge in [-0.3, -0.25) is 23.8 Å². The monoisotopic (exact) mass is 545 g/mol. The molecule has 1 heterocycles. The molecule has 12 nitrogen and oxygen atoms in total. The number of hydrogen-bond acceptors (Lipinski definition) is 9. The molecule has 1 fully saturated rings. The summed E-state index contributed by atoms with van der Waals surface area (Å²) in [5, 5.41) is 18.9. The molecular formula is C21H49N5O7P2. The van der Waals surface area contributed by atoms with E-state index < -0.39 is 15.0 Å². The van der Waals surface area contributed by atoms with E-state index in [-0.39, 0.29) is 31.8 Å². The third-order valence-corrected chi connectivity index (χ3v) is 7.92. The zero-order valence-electron chi connectivity index (χ0n) is 21.3.